The van der Waals surface area contributed by atoms with Crippen LogP contribution in [0.25, 0.3) is 0 Å². The summed E-state index contributed by atoms with van der Waals surface area (Å²) in [6, 6.07) is 7.99. The van der Waals surface area contributed by atoms with Crippen molar-refractivity contribution >= 4 is 11.8 Å². The van der Waals surface area contributed by atoms with Gasteiger partial charge < -0.3 is 19.6 Å². The van der Waals surface area contributed by atoms with Crippen LogP contribution in [0.2, 0.25) is 0 Å². The van der Waals surface area contributed by atoms with Gasteiger partial charge in [-0.15, -0.1) is 0 Å². The van der Waals surface area contributed by atoms with E-state index in [1.54, 1.807) is 37.3 Å². The van der Waals surface area contributed by atoms with Crippen molar-refractivity contribution in [1.29, 1.82) is 0 Å². The van der Waals surface area contributed by atoms with Gasteiger partial charge >= 0.3 is 0 Å². The van der Waals surface area contributed by atoms with Crippen LogP contribution in [0.1, 0.15) is 22.1 Å². The topological polar surface area (TPSA) is 87.9 Å². The van der Waals surface area contributed by atoms with E-state index < -0.39 is 0 Å². The Hall–Kier alpha value is -2.87. The predicted molar refractivity (Wildman–Crippen MR) is 93.6 cm³/mol. The Morgan fingerprint density at radius 3 is 2.88 bits per heavy atom. The van der Waals surface area contributed by atoms with Crippen LogP contribution in [0.4, 0.5) is 0 Å². The van der Waals surface area contributed by atoms with Crippen LogP contribution < -0.4 is 0 Å². The highest BCUT2D eigenvalue weighted by Crippen LogP contribution is 2.23. The fourth-order valence-electron chi connectivity index (χ4n) is 2.90. The van der Waals surface area contributed by atoms with Gasteiger partial charge in [0.2, 0.25) is 5.91 Å². The molecule has 1 aromatic heterocycles. The highest BCUT2D eigenvalue weighted by Gasteiger charge is 2.29. The van der Waals surface area contributed by atoms with Gasteiger partial charge in [-0.25, -0.2) is 0 Å². The molecular formula is C18H22N4O4. The van der Waals surface area contributed by atoms with Crippen LogP contribution >= 0.6 is 0 Å². The van der Waals surface area contributed by atoms with Crippen LogP contribution in [0.5, 0.6) is 5.75 Å². The second-order valence-electron chi connectivity index (χ2n) is 6.46. The lowest BCUT2D eigenvalue weighted by atomic mass is 10.1. The molecule has 138 valence electrons. The summed E-state index contributed by atoms with van der Waals surface area (Å²) in [4.78, 5) is 27.6. The second kappa shape index (κ2) is 7.57. The Bertz CT molecular complexity index is 802. The summed E-state index contributed by atoms with van der Waals surface area (Å²) in [6.45, 7) is 1.11. The highest BCUT2D eigenvalue weighted by atomic mass is 16.5. The third-order valence-electron chi connectivity index (χ3n) is 4.30. The van der Waals surface area contributed by atoms with Gasteiger partial charge in [-0.1, -0.05) is 6.07 Å². The Labute approximate surface area is 151 Å². The Kier molecular flexibility index (Phi) is 5.22. The monoisotopic (exact) mass is 358 g/mol. The van der Waals surface area contributed by atoms with Crippen LogP contribution in [0.15, 0.2) is 36.5 Å². The molecule has 8 heteroatoms. The van der Waals surface area contributed by atoms with E-state index >= 15 is 0 Å². The molecule has 1 aromatic carbocycles. The number of aromatic nitrogens is 2. The van der Waals surface area contributed by atoms with Crippen molar-refractivity contribution in [3.63, 3.8) is 0 Å². The van der Waals surface area contributed by atoms with Crippen LogP contribution in [0, 0.1) is 0 Å². The summed E-state index contributed by atoms with van der Waals surface area (Å²) in [5, 5.41) is 13.9. The Morgan fingerprint density at radius 2 is 2.15 bits per heavy atom. The predicted octanol–water partition coefficient (Wildman–Crippen LogP) is 0.891. The summed E-state index contributed by atoms with van der Waals surface area (Å²) in [7, 11) is 3.35. The molecule has 0 aliphatic carbocycles. The minimum Gasteiger partial charge on any atom is -0.508 e. The zero-order valence-electron chi connectivity index (χ0n) is 14.8. The smallest absolute Gasteiger partial charge is 0.254 e. The zero-order chi connectivity index (χ0) is 18.7. The number of hydrogen-bond donors (Lipinski definition) is 1. The number of carbonyl (C=O) groups excluding carboxylic acids is 2. The molecule has 2 amide bonds. The van der Waals surface area contributed by atoms with Gasteiger partial charge in [0.15, 0.2) is 0 Å². The number of carbonyl (C=O) groups is 2. The van der Waals surface area contributed by atoms with Gasteiger partial charge in [-0.3, -0.25) is 14.3 Å². The fraction of sp³-hybridized carbons (Fsp3) is 0.389. The van der Waals surface area contributed by atoms with E-state index in [4.69, 9.17) is 4.74 Å². The molecule has 0 bridgehead atoms. The van der Waals surface area contributed by atoms with Gasteiger partial charge in [-0.05, 0) is 24.3 Å². The molecule has 0 radical (unpaired) electrons. The van der Waals surface area contributed by atoms with E-state index in [2.05, 4.69) is 5.10 Å². The number of amides is 2. The molecule has 0 unspecified atom stereocenters. The third-order valence-corrected chi connectivity index (χ3v) is 4.30. The van der Waals surface area contributed by atoms with E-state index in [-0.39, 0.29) is 36.8 Å². The molecule has 0 saturated heterocycles. The van der Waals surface area contributed by atoms with Crippen molar-refractivity contribution in [2.45, 2.75) is 12.6 Å². The minimum absolute atomic E-state index is 0.0133. The van der Waals surface area contributed by atoms with Gasteiger partial charge in [0.1, 0.15) is 12.4 Å². The average molecular weight is 358 g/mol. The largest absolute Gasteiger partial charge is 0.508 e. The number of phenolic OH excluding ortho intramolecular Hbond substituents is 1. The van der Waals surface area contributed by atoms with Gasteiger partial charge in [0, 0.05) is 32.4 Å². The SMILES string of the molecule is CN(C)C(=O)COC[C@H]1CN(C(=O)c2cccc(O)c2)Cc2ccnn21. The maximum absolute atomic E-state index is 12.8. The number of aromatic hydroxyl groups is 1. The molecule has 26 heavy (non-hydrogen) atoms. The van der Waals surface area contributed by atoms with E-state index in [0.29, 0.717) is 18.7 Å². The summed E-state index contributed by atoms with van der Waals surface area (Å²) in [5.74, 6) is -0.225. The fourth-order valence-corrected chi connectivity index (χ4v) is 2.90. The number of ether oxygens (including phenoxy) is 1. The van der Waals surface area contributed by atoms with Crippen molar-refractivity contribution in [3.8, 4) is 5.75 Å². The molecular weight excluding hydrogens is 336 g/mol. The summed E-state index contributed by atoms with van der Waals surface area (Å²) in [5.41, 5.74) is 1.33. The molecule has 1 atom stereocenters. The quantitative estimate of drug-likeness (QED) is 0.858. The maximum atomic E-state index is 12.8. The van der Waals surface area contributed by atoms with Crippen LogP contribution in [0.3, 0.4) is 0 Å². The van der Waals surface area contributed by atoms with E-state index in [1.807, 2.05) is 10.7 Å². The lowest BCUT2D eigenvalue weighted by Crippen LogP contribution is -2.43. The molecule has 0 saturated carbocycles. The molecule has 8 nitrogen and oxygen atoms in total. The first-order valence-electron chi connectivity index (χ1n) is 8.34. The van der Waals surface area contributed by atoms with E-state index in [1.165, 1.54) is 17.0 Å². The molecule has 2 aromatic rings. The second-order valence-corrected chi connectivity index (χ2v) is 6.46. The van der Waals surface area contributed by atoms with Crippen molar-refractivity contribution in [1.82, 2.24) is 19.6 Å². The maximum Gasteiger partial charge on any atom is 0.254 e. The van der Waals surface area contributed by atoms with Gasteiger partial charge in [0.25, 0.3) is 5.91 Å². The first kappa shape index (κ1) is 17.9. The van der Waals surface area contributed by atoms with E-state index in [0.717, 1.165) is 5.69 Å². The van der Waals surface area contributed by atoms with Crippen LogP contribution in [-0.2, 0) is 16.1 Å². The van der Waals surface area contributed by atoms with Crippen molar-refractivity contribution in [2.75, 3.05) is 33.9 Å². The number of hydrogen-bond acceptors (Lipinski definition) is 5. The number of likely N-dealkylation sites (N-methyl/N-ethyl adjacent to an activating group) is 1. The van der Waals surface area contributed by atoms with Crippen molar-refractivity contribution < 1.29 is 19.4 Å². The molecule has 1 aliphatic heterocycles. The Balaban J connectivity index is 1.71. The number of benzene rings is 1. The van der Waals surface area contributed by atoms with Gasteiger partial charge in [-0.2, -0.15) is 5.10 Å². The first-order chi connectivity index (χ1) is 12.5. The molecule has 0 fully saturated rings. The molecule has 2 heterocycles. The lowest BCUT2D eigenvalue weighted by Gasteiger charge is -2.34. The summed E-state index contributed by atoms with van der Waals surface area (Å²) < 4.78 is 7.39. The lowest BCUT2D eigenvalue weighted by molar-refractivity contribution is -0.134. The molecule has 1 N–H and O–H groups in total. The third kappa shape index (κ3) is 3.85. The molecule has 0 spiro atoms. The number of fused-ring (bicyclic) bond motifs is 1. The highest BCUT2D eigenvalue weighted by molar-refractivity contribution is 5.94. The van der Waals surface area contributed by atoms with Gasteiger partial charge in [0.05, 0.1) is 24.9 Å². The zero-order valence-corrected chi connectivity index (χ0v) is 14.8. The van der Waals surface area contributed by atoms with Crippen molar-refractivity contribution in [2.24, 2.45) is 0 Å². The standard InChI is InChI=1S/C18H22N4O4/c1-20(2)17(24)12-26-11-15-10-21(9-14-6-7-19-22(14)15)18(25)13-4-3-5-16(23)8-13/h3-8,15,23H,9-12H2,1-2H3/t15-/m1/s1. The number of nitrogens with zero attached hydrogens (tertiary/aromatic N) is 4. The van der Waals surface area contributed by atoms with Crippen LogP contribution in [-0.4, -0.2) is 70.4 Å². The minimum atomic E-state index is -0.176. The first-order valence-corrected chi connectivity index (χ1v) is 8.34. The molecule has 1 aliphatic rings. The number of phenols is 1. The summed E-state index contributed by atoms with van der Waals surface area (Å²) in [6.07, 6.45) is 1.69. The van der Waals surface area contributed by atoms with E-state index in [9.17, 15) is 14.7 Å². The normalized spacial score (nSPS) is 16.2. The average Bonchev–Trinajstić information content (AvgIpc) is 3.09. The summed E-state index contributed by atoms with van der Waals surface area (Å²) >= 11 is 0. The Morgan fingerprint density at radius 1 is 1.35 bits per heavy atom. The van der Waals surface area contributed by atoms with Crippen molar-refractivity contribution in [3.05, 3.63) is 47.8 Å². The molecule has 3 rings (SSSR count). The number of rotatable bonds is 5.